The lowest BCUT2D eigenvalue weighted by molar-refractivity contribution is 1.08. The summed E-state index contributed by atoms with van der Waals surface area (Å²) in [7, 11) is 0. The number of hydrogen-bond donors (Lipinski definition) is 0. The van der Waals surface area contributed by atoms with Gasteiger partial charge in [0.2, 0.25) is 0 Å². The minimum atomic E-state index is 0.660. The Morgan fingerprint density at radius 1 is 0.302 bits per heavy atom. The summed E-state index contributed by atoms with van der Waals surface area (Å²) in [4.78, 5) is 15.9. The van der Waals surface area contributed by atoms with Gasteiger partial charge in [0.05, 0.1) is 0 Å². The van der Waals surface area contributed by atoms with Crippen LogP contribution in [-0.2, 0) is 0 Å². The minimum absolute atomic E-state index is 0.660. The van der Waals surface area contributed by atoms with Gasteiger partial charge < -0.3 is 0 Å². The van der Waals surface area contributed by atoms with Crippen LogP contribution in [0.2, 0.25) is 0 Å². The molecule has 0 amide bonds. The van der Waals surface area contributed by atoms with Crippen LogP contribution in [0.4, 0.5) is 0 Å². The van der Waals surface area contributed by atoms with Crippen molar-refractivity contribution >= 4 is 74.6 Å². The molecule has 0 spiro atoms. The zero-order chi connectivity index (χ0) is 34.6. The van der Waals surface area contributed by atoms with Gasteiger partial charge in [-0.15, -0.1) is 11.3 Å². The van der Waals surface area contributed by atoms with Gasteiger partial charge in [0, 0.05) is 36.9 Å². The first kappa shape index (κ1) is 28.9. The molecule has 0 radical (unpaired) electrons. The number of aromatic nitrogens is 3. The van der Waals surface area contributed by atoms with Crippen molar-refractivity contribution in [1.29, 1.82) is 0 Å². The quantitative estimate of drug-likeness (QED) is 0.173. The van der Waals surface area contributed by atoms with Gasteiger partial charge in [-0.25, -0.2) is 15.0 Å². The van der Waals surface area contributed by atoms with E-state index in [1.165, 1.54) is 69.4 Å². The summed E-state index contributed by atoms with van der Waals surface area (Å²) in [6, 6.07) is 59.0. The third-order valence-corrected chi connectivity index (χ3v) is 12.1. The first-order valence-electron chi connectivity index (χ1n) is 17.9. The first-order valence-corrected chi connectivity index (χ1v) is 18.8. The van der Waals surface area contributed by atoms with Gasteiger partial charge in [0.1, 0.15) is 0 Å². The van der Waals surface area contributed by atoms with E-state index in [4.69, 9.17) is 15.0 Å². The van der Waals surface area contributed by atoms with Crippen molar-refractivity contribution in [2.45, 2.75) is 0 Å². The van der Waals surface area contributed by atoms with E-state index in [-0.39, 0.29) is 0 Å². The molecule has 2 heterocycles. The molecule has 9 aromatic carbocycles. The zero-order valence-electron chi connectivity index (χ0n) is 28.3. The molecule has 1 aliphatic rings. The predicted octanol–water partition coefficient (Wildman–Crippen LogP) is 13.5. The molecule has 0 aliphatic heterocycles. The fraction of sp³-hybridized carbons (Fsp3) is 0. The average molecular weight is 690 g/mol. The molecule has 1 aliphatic carbocycles. The number of benzene rings is 9. The Kier molecular flexibility index (Phi) is 5.93. The average Bonchev–Trinajstić information content (AvgIpc) is 3.75. The lowest BCUT2D eigenvalue weighted by Crippen LogP contribution is -2.01. The number of hydrogen-bond acceptors (Lipinski definition) is 4. The molecule has 3 nitrogen and oxygen atoms in total. The van der Waals surface area contributed by atoms with E-state index in [2.05, 4.69) is 164 Å². The second-order valence-corrected chi connectivity index (χ2v) is 15.0. The van der Waals surface area contributed by atoms with Crippen molar-refractivity contribution in [2.75, 3.05) is 0 Å². The lowest BCUT2D eigenvalue weighted by Gasteiger charge is -2.13. The second-order valence-electron chi connectivity index (χ2n) is 13.9. The standard InChI is InChI=1S/C49H27N3S/c1-2-11-30-24-32(23-22-28(30)10-1)47-50-48(52-49(51-47)41-25-31-12-3-4-15-33(31)34-16-5-6-17-35(34)41)38-20-9-21-43-46(38)42-26-39-36-18-7-13-29-14-8-19-37(45(29)36)40(39)27-44(42)53-43/h1-27H. The van der Waals surface area contributed by atoms with Crippen LogP contribution in [0.25, 0.3) is 120 Å². The van der Waals surface area contributed by atoms with Crippen molar-refractivity contribution in [2.24, 2.45) is 0 Å². The van der Waals surface area contributed by atoms with E-state index in [1.54, 1.807) is 0 Å². The molecule has 53 heavy (non-hydrogen) atoms. The molecule has 0 saturated carbocycles. The van der Waals surface area contributed by atoms with Crippen LogP contribution < -0.4 is 0 Å². The first-order chi connectivity index (χ1) is 26.2. The van der Waals surface area contributed by atoms with E-state index >= 15 is 0 Å². The van der Waals surface area contributed by atoms with Gasteiger partial charge in [-0.05, 0) is 95.7 Å². The molecule has 0 N–H and O–H groups in total. The largest absolute Gasteiger partial charge is 0.208 e. The van der Waals surface area contributed by atoms with Crippen molar-refractivity contribution in [3.05, 3.63) is 164 Å². The summed E-state index contributed by atoms with van der Waals surface area (Å²) >= 11 is 1.84. The Morgan fingerprint density at radius 3 is 1.75 bits per heavy atom. The van der Waals surface area contributed by atoms with Gasteiger partial charge in [-0.2, -0.15) is 0 Å². The van der Waals surface area contributed by atoms with E-state index < -0.39 is 0 Å². The van der Waals surface area contributed by atoms with E-state index in [1.807, 2.05) is 11.3 Å². The molecular weight excluding hydrogens is 663 g/mol. The molecular formula is C49H27N3S. The summed E-state index contributed by atoms with van der Waals surface area (Å²) in [5, 5.41) is 12.1. The zero-order valence-corrected chi connectivity index (χ0v) is 29.2. The minimum Gasteiger partial charge on any atom is -0.208 e. The smallest absolute Gasteiger partial charge is 0.164 e. The topological polar surface area (TPSA) is 38.7 Å². The third-order valence-electron chi connectivity index (χ3n) is 11.0. The maximum absolute atomic E-state index is 5.37. The van der Waals surface area contributed by atoms with Crippen LogP contribution in [0.1, 0.15) is 0 Å². The molecule has 11 aromatic rings. The Balaban J connectivity index is 1.14. The number of fused-ring (bicyclic) bond motifs is 10. The van der Waals surface area contributed by atoms with Crippen molar-refractivity contribution < 1.29 is 0 Å². The number of thiophene rings is 1. The normalized spacial score (nSPS) is 12.2. The molecule has 0 unspecified atom stereocenters. The van der Waals surface area contributed by atoms with Crippen LogP contribution in [0, 0.1) is 0 Å². The van der Waals surface area contributed by atoms with Gasteiger partial charge in [-0.1, -0.05) is 133 Å². The Bertz CT molecular complexity index is 3350. The highest BCUT2D eigenvalue weighted by Gasteiger charge is 2.24. The Morgan fingerprint density at radius 2 is 0.925 bits per heavy atom. The molecule has 4 heteroatoms. The molecule has 0 fully saturated rings. The Hall–Kier alpha value is -6.75. The Labute approximate surface area is 308 Å². The van der Waals surface area contributed by atoms with E-state index in [0.717, 1.165) is 32.8 Å². The molecule has 0 atom stereocenters. The van der Waals surface area contributed by atoms with Gasteiger partial charge in [0.25, 0.3) is 0 Å². The highest BCUT2D eigenvalue weighted by molar-refractivity contribution is 7.26. The van der Waals surface area contributed by atoms with Gasteiger partial charge in [-0.3, -0.25) is 0 Å². The number of rotatable bonds is 3. The summed E-state index contributed by atoms with van der Waals surface area (Å²) in [6.45, 7) is 0. The maximum atomic E-state index is 5.37. The lowest BCUT2D eigenvalue weighted by atomic mass is 9.96. The van der Waals surface area contributed by atoms with Gasteiger partial charge >= 0.3 is 0 Å². The van der Waals surface area contributed by atoms with Gasteiger partial charge in [0.15, 0.2) is 17.5 Å². The van der Waals surface area contributed by atoms with Crippen LogP contribution in [0.15, 0.2) is 164 Å². The predicted molar refractivity (Wildman–Crippen MR) is 223 cm³/mol. The van der Waals surface area contributed by atoms with E-state index in [9.17, 15) is 0 Å². The van der Waals surface area contributed by atoms with Crippen molar-refractivity contribution in [3.8, 4) is 56.4 Å². The van der Waals surface area contributed by atoms with Crippen LogP contribution in [0.3, 0.4) is 0 Å². The molecule has 12 rings (SSSR count). The molecule has 2 aromatic heterocycles. The fourth-order valence-corrected chi connectivity index (χ4v) is 9.76. The van der Waals surface area contributed by atoms with Crippen LogP contribution >= 0.6 is 11.3 Å². The molecule has 0 bridgehead atoms. The second kappa shape index (κ2) is 10.9. The van der Waals surface area contributed by atoms with Crippen LogP contribution in [-0.4, -0.2) is 15.0 Å². The number of nitrogens with zero attached hydrogens (tertiary/aromatic N) is 3. The molecule has 0 saturated heterocycles. The van der Waals surface area contributed by atoms with Crippen molar-refractivity contribution in [1.82, 2.24) is 15.0 Å². The SMILES string of the molecule is c1ccc2cc(-c3nc(-c4cc5ccccc5c5ccccc45)nc(-c4cccc5sc6cc7c(cc6c45)-c4cccc5cccc-7c45)n3)ccc2c1. The summed E-state index contributed by atoms with van der Waals surface area (Å²) < 4.78 is 2.48. The molecule has 244 valence electrons. The fourth-order valence-electron chi connectivity index (χ4n) is 8.61. The summed E-state index contributed by atoms with van der Waals surface area (Å²) in [6.07, 6.45) is 0. The highest BCUT2D eigenvalue weighted by atomic mass is 32.1. The third kappa shape index (κ3) is 4.24. The van der Waals surface area contributed by atoms with E-state index in [0.29, 0.717) is 17.5 Å². The maximum Gasteiger partial charge on any atom is 0.164 e. The van der Waals surface area contributed by atoms with Crippen LogP contribution in [0.5, 0.6) is 0 Å². The summed E-state index contributed by atoms with van der Waals surface area (Å²) in [5.41, 5.74) is 8.18. The van der Waals surface area contributed by atoms with Crippen molar-refractivity contribution in [3.63, 3.8) is 0 Å². The monoisotopic (exact) mass is 689 g/mol. The summed E-state index contributed by atoms with van der Waals surface area (Å²) in [5.74, 6) is 2.00. The highest BCUT2D eigenvalue weighted by Crippen LogP contribution is 2.51.